The predicted molar refractivity (Wildman–Crippen MR) is 356 cm³/mol. The number of benzene rings is 14. The molecule has 0 aliphatic rings. The molecule has 0 atom stereocenters. The summed E-state index contributed by atoms with van der Waals surface area (Å²) in [5, 5.41) is 4.86. The smallest absolute Gasteiger partial charge is 0.0540 e. The molecule has 0 bridgehead atoms. The van der Waals surface area contributed by atoms with E-state index in [1.165, 1.54) is 21.5 Å². The summed E-state index contributed by atoms with van der Waals surface area (Å²) in [6, 6.07) is 126. The molecule has 14 aromatic rings. The Kier molecular flexibility index (Phi) is 14.0. The molecule has 0 aromatic heterocycles. The van der Waals surface area contributed by atoms with Gasteiger partial charge in [-0.3, -0.25) is 0 Å². The van der Waals surface area contributed by atoms with Crippen molar-refractivity contribution in [2.75, 3.05) is 19.6 Å². The number of nitrogens with zero attached hydrogens (tertiary/aromatic N) is 4. The summed E-state index contributed by atoms with van der Waals surface area (Å²) in [5.74, 6) is 0. The molecule has 14 rings (SSSR count). The van der Waals surface area contributed by atoms with Gasteiger partial charge in [-0.2, -0.15) is 0 Å². The number of anilines is 12. The monoisotopic (exact) mass is 1070 g/mol. The van der Waals surface area contributed by atoms with Crippen LogP contribution in [0.15, 0.2) is 352 Å². The van der Waals surface area contributed by atoms with Crippen LogP contribution < -0.4 is 19.6 Å². The Morgan fingerprint density at radius 2 is 0.321 bits per heavy atom. The molecule has 4 heteroatoms. The second kappa shape index (κ2) is 23.1. The average Bonchev–Trinajstić information content (AvgIpc) is 3.14. The third kappa shape index (κ3) is 10.3. The predicted octanol–water partition coefficient (Wildman–Crippen LogP) is 22.9. The van der Waals surface area contributed by atoms with Gasteiger partial charge in [0.2, 0.25) is 0 Å². The minimum absolute atomic E-state index is 1.08. The van der Waals surface area contributed by atoms with Crippen molar-refractivity contribution in [3.8, 4) is 33.4 Å². The van der Waals surface area contributed by atoms with Crippen LogP contribution in [0.5, 0.6) is 0 Å². The van der Waals surface area contributed by atoms with Crippen molar-refractivity contribution in [2.24, 2.45) is 0 Å². The van der Waals surface area contributed by atoms with Gasteiger partial charge >= 0.3 is 0 Å². The van der Waals surface area contributed by atoms with Crippen molar-refractivity contribution < 1.29 is 0 Å². The zero-order valence-corrected chi connectivity index (χ0v) is 46.3. The van der Waals surface area contributed by atoms with Gasteiger partial charge in [-0.25, -0.2) is 0 Å². The lowest BCUT2D eigenvalue weighted by Crippen LogP contribution is -2.10. The van der Waals surface area contributed by atoms with Crippen LogP contribution in [0, 0.1) is 0 Å². The van der Waals surface area contributed by atoms with Crippen LogP contribution in [0.4, 0.5) is 68.2 Å². The topological polar surface area (TPSA) is 13.0 Å². The number of hydrogen-bond donors (Lipinski definition) is 0. The summed E-state index contributed by atoms with van der Waals surface area (Å²) in [5.41, 5.74) is 20.2. The van der Waals surface area contributed by atoms with Crippen molar-refractivity contribution >= 4 is 89.8 Å². The maximum atomic E-state index is 2.35. The molecule has 0 heterocycles. The Hall–Kier alpha value is -11.2. The van der Waals surface area contributed by atoms with Crippen LogP contribution in [0.25, 0.3) is 54.9 Å². The van der Waals surface area contributed by atoms with Crippen molar-refractivity contribution in [1.82, 2.24) is 0 Å². The van der Waals surface area contributed by atoms with E-state index >= 15 is 0 Å². The molecule has 4 nitrogen and oxygen atoms in total. The van der Waals surface area contributed by atoms with E-state index < -0.39 is 0 Å². The van der Waals surface area contributed by atoms with Gasteiger partial charge in [0.15, 0.2) is 0 Å². The molecular weight excluding hydrogens is 1020 g/mol. The van der Waals surface area contributed by atoms with E-state index in [9.17, 15) is 0 Å². The number of para-hydroxylation sites is 4. The molecule has 0 N–H and O–H groups in total. The molecule has 0 unspecified atom stereocenters. The average molecular weight is 1080 g/mol. The van der Waals surface area contributed by atoms with Crippen LogP contribution in [0.3, 0.4) is 0 Å². The third-order valence-electron chi connectivity index (χ3n) is 15.8. The van der Waals surface area contributed by atoms with Crippen molar-refractivity contribution in [2.45, 2.75) is 0 Å². The molecule has 0 aliphatic heterocycles. The minimum atomic E-state index is 1.08. The van der Waals surface area contributed by atoms with E-state index in [2.05, 4.69) is 371 Å². The van der Waals surface area contributed by atoms with E-state index in [1.807, 2.05) is 0 Å². The van der Waals surface area contributed by atoms with Crippen molar-refractivity contribution in [3.63, 3.8) is 0 Å². The molecular formula is C80H58N4. The summed E-state index contributed by atoms with van der Waals surface area (Å²) in [4.78, 5) is 9.35. The fourth-order valence-corrected chi connectivity index (χ4v) is 11.7. The second-order valence-electron chi connectivity index (χ2n) is 21.0. The molecule has 0 spiro atoms. The van der Waals surface area contributed by atoms with E-state index in [1.54, 1.807) is 0 Å². The van der Waals surface area contributed by atoms with Gasteiger partial charge in [0.05, 0.1) is 11.4 Å². The lowest BCUT2D eigenvalue weighted by atomic mass is 10.0. The van der Waals surface area contributed by atoms with Crippen LogP contribution in [-0.4, -0.2) is 0 Å². The maximum Gasteiger partial charge on any atom is 0.0540 e. The molecule has 84 heavy (non-hydrogen) atoms. The Bertz CT molecular complexity index is 4170. The first-order valence-electron chi connectivity index (χ1n) is 28.6. The first kappa shape index (κ1) is 51.0. The van der Waals surface area contributed by atoms with E-state index in [0.29, 0.717) is 0 Å². The molecule has 0 saturated heterocycles. The quantitative estimate of drug-likeness (QED) is 0.101. The lowest BCUT2D eigenvalue weighted by molar-refractivity contribution is 1.28. The molecule has 0 aliphatic carbocycles. The largest absolute Gasteiger partial charge is 0.311 e. The Labute approximate surface area is 491 Å². The highest BCUT2D eigenvalue weighted by atomic mass is 15.2. The Balaban J connectivity index is 0.702. The Morgan fingerprint density at radius 1 is 0.131 bits per heavy atom. The van der Waals surface area contributed by atoms with Crippen LogP contribution in [-0.2, 0) is 0 Å². The standard InChI is InChI=1S/C80H58N4/c1-5-23-67(24-6-1)81(73-51-39-61(40-52-73)63-43-55-75(56-44-63)83(69-27-9-3-10-28-69)79-33-17-21-65-19-13-15-31-77(65)79)71-47-35-59(36-48-71)60-37-49-72(50-38-60)82(68-25-7-2-8-26-68)74-53-41-62(42-54-74)64-45-57-76(58-46-64)84(70-29-11-4-12-30-70)80-34-18-22-66-20-14-16-32-78(66)80/h1-58H. The van der Waals surface area contributed by atoms with E-state index in [0.717, 1.165) is 102 Å². The van der Waals surface area contributed by atoms with Gasteiger partial charge in [0, 0.05) is 67.6 Å². The van der Waals surface area contributed by atoms with Gasteiger partial charge < -0.3 is 19.6 Å². The number of fused-ring (bicyclic) bond motifs is 2. The van der Waals surface area contributed by atoms with Gasteiger partial charge in [0.1, 0.15) is 0 Å². The highest BCUT2D eigenvalue weighted by Gasteiger charge is 2.19. The van der Waals surface area contributed by atoms with Crippen molar-refractivity contribution in [1.29, 1.82) is 0 Å². The van der Waals surface area contributed by atoms with Gasteiger partial charge in [-0.15, -0.1) is 0 Å². The fraction of sp³-hybridized carbons (Fsp3) is 0. The molecule has 0 fully saturated rings. The van der Waals surface area contributed by atoms with E-state index in [4.69, 9.17) is 0 Å². The van der Waals surface area contributed by atoms with Crippen molar-refractivity contribution in [3.05, 3.63) is 352 Å². The van der Waals surface area contributed by atoms with E-state index in [-0.39, 0.29) is 0 Å². The van der Waals surface area contributed by atoms with Gasteiger partial charge in [-0.05, 0) is 178 Å². The SMILES string of the molecule is c1ccc(N(c2ccc(-c3ccc(N(c4ccccc4)c4ccc(-c5ccc(N(c6ccccc6)c6cccc7ccccc67)cc5)cc4)cc3)cc2)c2ccc(-c3ccc(N(c4ccccc4)c4cccc5ccccc45)cc3)cc2)cc1. The molecule has 0 saturated carbocycles. The normalized spacial score (nSPS) is 11.1. The highest BCUT2D eigenvalue weighted by molar-refractivity contribution is 6.00. The molecule has 398 valence electrons. The number of hydrogen-bond acceptors (Lipinski definition) is 4. The number of rotatable bonds is 15. The van der Waals surface area contributed by atoms with Crippen LogP contribution in [0.2, 0.25) is 0 Å². The summed E-state index contributed by atoms with van der Waals surface area (Å²) in [7, 11) is 0. The Morgan fingerprint density at radius 3 is 0.583 bits per heavy atom. The zero-order chi connectivity index (χ0) is 56.0. The van der Waals surface area contributed by atoms with Gasteiger partial charge in [0.25, 0.3) is 0 Å². The first-order valence-corrected chi connectivity index (χ1v) is 28.6. The third-order valence-corrected chi connectivity index (χ3v) is 15.8. The second-order valence-corrected chi connectivity index (χ2v) is 21.0. The minimum Gasteiger partial charge on any atom is -0.311 e. The zero-order valence-electron chi connectivity index (χ0n) is 46.3. The van der Waals surface area contributed by atoms with Crippen LogP contribution >= 0.6 is 0 Å². The molecule has 14 aromatic carbocycles. The first-order chi connectivity index (χ1) is 41.7. The summed E-state index contributed by atoms with van der Waals surface area (Å²) >= 11 is 0. The maximum absolute atomic E-state index is 2.35. The summed E-state index contributed by atoms with van der Waals surface area (Å²) in [6.07, 6.45) is 0. The summed E-state index contributed by atoms with van der Waals surface area (Å²) < 4.78 is 0. The summed E-state index contributed by atoms with van der Waals surface area (Å²) in [6.45, 7) is 0. The van der Waals surface area contributed by atoms with Gasteiger partial charge in [-0.1, -0.05) is 218 Å². The molecule has 0 radical (unpaired) electrons. The molecule has 0 amide bonds. The highest BCUT2D eigenvalue weighted by Crippen LogP contribution is 2.44. The lowest BCUT2D eigenvalue weighted by Gasteiger charge is -2.27. The fourth-order valence-electron chi connectivity index (χ4n) is 11.7. The van der Waals surface area contributed by atoms with Crippen LogP contribution in [0.1, 0.15) is 0 Å².